The van der Waals surface area contributed by atoms with Crippen molar-refractivity contribution in [2.45, 2.75) is 25.8 Å². The predicted molar refractivity (Wildman–Crippen MR) is 87.8 cm³/mol. The molecule has 2 aromatic heterocycles. The van der Waals surface area contributed by atoms with E-state index in [-0.39, 0.29) is 17.9 Å². The summed E-state index contributed by atoms with van der Waals surface area (Å²) in [6, 6.07) is 4.14. The highest BCUT2D eigenvalue weighted by atomic mass is 32.1. The van der Waals surface area contributed by atoms with Crippen molar-refractivity contribution < 1.29 is 4.79 Å². The molecular formula is C16H20N4OS. The Balaban J connectivity index is 1.61. The van der Waals surface area contributed by atoms with Gasteiger partial charge in [-0.1, -0.05) is 6.07 Å². The number of carbonyl (C=O) groups excluding carboxylic acids is 1. The van der Waals surface area contributed by atoms with Gasteiger partial charge in [0.2, 0.25) is 5.91 Å². The lowest BCUT2D eigenvalue weighted by Gasteiger charge is -2.33. The predicted octanol–water partition coefficient (Wildman–Crippen LogP) is 2.63. The first-order valence-corrected chi connectivity index (χ1v) is 8.47. The van der Waals surface area contributed by atoms with Gasteiger partial charge >= 0.3 is 0 Å². The van der Waals surface area contributed by atoms with Crippen molar-refractivity contribution in [1.29, 1.82) is 0 Å². The number of nitrogens with zero attached hydrogens (tertiary/aromatic N) is 3. The van der Waals surface area contributed by atoms with E-state index in [0.29, 0.717) is 6.54 Å². The summed E-state index contributed by atoms with van der Waals surface area (Å²) in [6.07, 6.45) is 7.05. The van der Waals surface area contributed by atoms with Crippen LogP contribution in [0.5, 0.6) is 0 Å². The summed E-state index contributed by atoms with van der Waals surface area (Å²) in [6.45, 7) is 3.68. The fraction of sp³-hybridized carbons (Fsp3) is 0.438. The van der Waals surface area contributed by atoms with Crippen molar-refractivity contribution in [1.82, 2.24) is 15.3 Å². The number of rotatable bonds is 4. The van der Waals surface area contributed by atoms with Gasteiger partial charge in [0.25, 0.3) is 0 Å². The van der Waals surface area contributed by atoms with Crippen LogP contribution in [-0.2, 0) is 4.79 Å². The van der Waals surface area contributed by atoms with E-state index < -0.39 is 0 Å². The molecule has 116 valence electrons. The summed E-state index contributed by atoms with van der Waals surface area (Å²) in [7, 11) is 0. The minimum absolute atomic E-state index is 0.0122. The van der Waals surface area contributed by atoms with Crippen molar-refractivity contribution in [3.8, 4) is 0 Å². The third kappa shape index (κ3) is 3.44. The molecule has 2 atom stereocenters. The summed E-state index contributed by atoms with van der Waals surface area (Å²) in [5.74, 6) is 0.999. The Kier molecular flexibility index (Phi) is 4.68. The van der Waals surface area contributed by atoms with Gasteiger partial charge in [0.15, 0.2) is 0 Å². The van der Waals surface area contributed by atoms with Crippen LogP contribution < -0.4 is 10.2 Å². The highest BCUT2D eigenvalue weighted by Crippen LogP contribution is 2.23. The van der Waals surface area contributed by atoms with Crippen LogP contribution in [0.4, 0.5) is 5.82 Å². The number of piperidine rings is 1. The van der Waals surface area contributed by atoms with E-state index in [4.69, 9.17) is 0 Å². The van der Waals surface area contributed by atoms with E-state index in [2.05, 4.69) is 26.3 Å². The summed E-state index contributed by atoms with van der Waals surface area (Å²) < 4.78 is 0. The number of hydrogen-bond acceptors (Lipinski definition) is 5. The van der Waals surface area contributed by atoms with Gasteiger partial charge < -0.3 is 10.2 Å². The van der Waals surface area contributed by atoms with Gasteiger partial charge in [-0.15, -0.1) is 11.3 Å². The maximum Gasteiger partial charge on any atom is 0.225 e. The molecule has 1 aliphatic rings. The summed E-state index contributed by atoms with van der Waals surface area (Å²) >= 11 is 1.67. The molecule has 0 bridgehead atoms. The van der Waals surface area contributed by atoms with Crippen molar-refractivity contribution in [3.05, 3.63) is 41.0 Å². The molecule has 0 aromatic carbocycles. The van der Waals surface area contributed by atoms with Crippen molar-refractivity contribution >= 4 is 23.1 Å². The highest BCUT2D eigenvalue weighted by molar-refractivity contribution is 7.10. The number of carbonyl (C=O) groups is 1. The third-order valence-electron chi connectivity index (χ3n) is 3.99. The average Bonchev–Trinajstić information content (AvgIpc) is 3.10. The monoisotopic (exact) mass is 316 g/mol. The molecule has 1 fully saturated rings. The zero-order chi connectivity index (χ0) is 15.4. The zero-order valence-corrected chi connectivity index (χ0v) is 13.4. The Morgan fingerprint density at radius 2 is 2.41 bits per heavy atom. The summed E-state index contributed by atoms with van der Waals surface area (Å²) in [4.78, 5) is 24.3. The number of hydrogen-bond donors (Lipinski definition) is 1. The van der Waals surface area contributed by atoms with E-state index in [1.807, 2.05) is 18.4 Å². The molecule has 3 rings (SSSR count). The zero-order valence-electron chi connectivity index (χ0n) is 12.6. The second-order valence-electron chi connectivity index (χ2n) is 5.59. The second kappa shape index (κ2) is 6.87. The van der Waals surface area contributed by atoms with Gasteiger partial charge in [-0.25, -0.2) is 4.98 Å². The molecule has 6 heteroatoms. The van der Waals surface area contributed by atoms with Crippen LogP contribution in [0.2, 0.25) is 0 Å². The highest BCUT2D eigenvalue weighted by Gasteiger charge is 2.27. The smallest absolute Gasteiger partial charge is 0.225 e. The summed E-state index contributed by atoms with van der Waals surface area (Å²) in [5, 5.41) is 5.17. The van der Waals surface area contributed by atoms with Crippen LogP contribution in [0, 0.1) is 5.92 Å². The Morgan fingerprint density at radius 3 is 3.14 bits per heavy atom. The average molecular weight is 316 g/mol. The first kappa shape index (κ1) is 15.0. The quantitative estimate of drug-likeness (QED) is 0.942. The number of aromatic nitrogens is 2. The van der Waals surface area contributed by atoms with Gasteiger partial charge in [0.05, 0.1) is 18.2 Å². The molecule has 5 nitrogen and oxygen atoms in total. The molecule has 2 unspecified atom stereocenters. The minimum atomic E-state index is 0.0122. The number of amides is 1. The van der Waals surface area contributed by atoms with Crippen LogP contribution in [0.15, 0.2) is 36.1 Å². The maximum atomic E-state index is 12.5. The number of nitrogens with one attached hydrogen (secondary N) is 1. The van der Waals surface area contributed by atoms with Gasteiger partial charge in [-0.2, -0.15) is 0 Å². The van der Waals surface area contributed by atoms with Crippen LogP contribution >= 0.6 is 11.3 Å². The van der Waals surface area contributed by atoms with E-state index >= 15 is 0 Å². The Hall–Kier alpha value is -1.95. The third-order valence-corrected chi connectivity index (χ3v) is 5.05. The molecule has 3 heterocycles. The van der Waals surface area contributed by atoms with Crippen molar-refractivity contribution in [3.63, 3.8) is 0 Å². The molecule has 22 heavy (non-hydrogen) atoms. The SMILES string of the molecule is CC(NC(=O)C1CCCN(c2cnccn2)C1)c1cccs1. The Labute approximate surface area is 134 Å². The van der Waals surface area contributed by atoms with Gasteiger partial charge in [0.1, 0.15) is 5.82 Å². The molecule has 2 aromatic rings. The van der Waals surface area contributed by atoms with Crippen LogP contribution in [0.1, 0.15) is 30.7 Å². The van der Waals surface area contributed by atoms with E-state index in [1.165, 1.54) is 4.88 Å². The lowest BCUT2D eigenvalue weighted by Crippen LogP contribution is -2.43. The topological polar surface area (TPSA) is 58.1 Å². The van der Waals surface area contributed by atoms with Gasteiger partial charge in [0, 0.05) is 30.4 Å². The standard InChI is InChI=1S/C16H20N4OS/c1-12(14-5-3-9-22-14)19-16(21)13-4-2-8-20(11-13)15-10-17-6-7-18-15/h3,5-7,9-10,12-13H,2,4,8,11H2,1H3,(H,19,21). The molecule has 0 saturated carbocycles. The maximum absolute atomic E-state index is 12.5. The second-order valence-corrected chi connectivity index (χ2v) is 6.57. The van der Waals surface area contributed by atoms with Gasteiger partial charge in [-0.05, 0) is 31.2 Å². The molecule has 1 saturated heterocycles. The normalized spacial score (nSPS) is 19.7. The molecule has 1 N–H and O–H groups in total. The molecule has 0 aliphatic carbocycles. The van der Waals surface area contributed by atoms with Gasteiger partial charge in [-0.3, -0.25) is 9.78 Å². The first-order chi connectivity index (χ1) is 10.7. The first-order valence-electron chi connectivity index (χ1n) is 7.59. The van der Waals surface area contributed by atoms with Crippen molar-refractivity contribution in [2.24, 2.45) is 5.92 Å². The fourth-order valence-electron chi connectivity index (χ4n) is 2.79. The van der Waals surface area contributed by atoms with E-state index in [1.54, 1.807) is 29.9 Å². The van der Waals surface area contributed by atoms with Crippen LogP contribution in [-0.4, -0.2) is 29.0 Å². The number of anilines is 1. The van der Waals surface area contributed by atoms with E-state index in [9.17, 15) is 4.79 Å². The Morgan fingerprint density at radius 1 is 1.50 bits per heavy atom. The minimum Gasteiger partial charge on any atom is -0.355 e. The number of thiophene rings is 1. The van der Waals surface area contributed by atoms with Crippen molar-refractivity contribution in [2.75, 3.05) is 18.0 Å². The lowest BCUT2D eigenvalue weighted by atomic mass is 9.97. The molecule has 1 aliphatic heterocycles. The fourth-order valence-corrected chi connectivity index (χ4v) is 3.53. The largest absolute Gasteiger partial charge is 0.355 e. The molecule has 0 radical (unpaired) electrons. The molecular weight excluding hydrogens is 296 g/mol. The molecule has 0 spiro atoms. The Bertz CT molecular complexity index is 602. The van der Waals surface area contributed by atoms with Crippen LogP contribution in [0.3, 0.4) is 0 Å². The molecule has 1 amide bonds. The summed E-state index contributed by atoms with van der Waals surface area (Å²) in [5.41, 5.74) is 0. The lowest BCUT2D eigenvalue weighted by molar-refractivity contribution is -0.125. The van der Waals surface area contributed by atoms with Crippen LogP contribution in [0.25, 0.3) is 0 Å². The van der Waals surface area contributed by atoms with E-state index in [0.717, 1.165) is 25.2 Å².